The molecule has 2 heterocycles. The fourth-order valence-corrected chi connectivity index (χ4v) is 3.30. The zero-order valence-corrected chi connectivity index (χ0v) is 16.8. The van der Waals surface area contributed by atoms with E-state index < -0.39 is 22.6 Å². The highest BCUT2D eigenvalue weighted by Gasteiger charge is 2.30. The number of carbonyl (C=O) groups excluding carboxylic acids is 1. The van der Waals surface area contributed by atoms with Crippen LogP contribution in [0.5, 0.6) is 0 Å². The smallest absolute Gasteiger partial charge is 0.354 e. The number of H-pyrrole nitrogens is 1. The van der Waals surface area contributed by atoms with E-state index in [0.29, 0.717) is 11.3 Å². The fraction of sp³-hybridized carbons (Fsp3) is 0.0435. The van der Waals surface area contributed by atoms with Gasteiger partial charge < -0.3 is 10.3 Å². The molecule has 0 aliphatic heterocycles. The van der Waals surface area contributed by atoms with Crippen molar-refractivity contribution in [3.8, 4) is 22.5 Å². The molecule has 33 heavy (non-hydrogen) atoms. The van der Waals surface area contributed by atoms with Gasteiger partial charge in [-0.25, -0.2) is 4.98 Å². The molecule has 0 aliphatic carbocycles. The Labute approximate surface area is 185 Å². The fourth-order valence-electron chi connectivity index (χ4n) is 3.30. The lowest BCUT2D eigenvalue weighted by Gasteiger charge is -2.07. The molecule has 0 spiro atoms. The molecule has 2 N–H and O–H groups in total. The van der Waals surface area contributed by atoms with Gasteiger partial charge in [0.15, 0.2) is 0 Å². The van der Waals surface area contributed by atoms with E-state index in [1.807, 2.05) is 0 Å². The molecule has 2 aromatic carbocycles. The Morgan fingerprint density at radius 3 is 2.33 bits per heavy atom. The minimum atomic E-state index is -4.49. The molecule has 166 valence electrons. The van der Waals surface area contributed by atoms with Crippen LogP contribution in [-0.4, -0.2) is 20.8 Å². The number of anilines is 1. The second-order valence-electron chi connectivity index (χ2n) is 6.99. The molecule has 0 saturated heterocycles. The maximum absolute atomic E-state index is 13.0. The van der Waals surface area contributed by atoms with Crippen LogP contribution in [0.3, 0.4) is 0 Å². The molecule has 0 fully saturated rings. The van der Waals surface area contributed by atoms with Crippen molar-refractivity contribution in [1.29, 1.82) is 0 Å². The third kappa shape index (κ3) is 4.59. The number of aromatic amines is 1. The predicted octanol–water partition coefficient (Wildman–Crippen LogP) is 5.92. The molecule has 0 saturated carbocycles. The maximum Gasteiger partial charge on any atom is 0.416 e. The molecular formula is C23H15F3N4O3. The van der Waals surface area contributed by atoms with Gasteiger partial charge in [0.2, 0.25) is 0 Å². The van der Waals surface area contributed by atoms with Crippen molar-refractivity contribution in [2.75, 3.05) is 5.32 Å². The van der Waals surface area contributed by atoms with Crippen LogP contribution < -0.4 is 5.32 Å². The normalized spacial score (nSPS) is 11.2. The molecule has 0 unspecified atom stereocenters. The van der Waals surface area contributed by atoms with Crippen molar-refractivity contribution in [2.45, 2.75) is 6.18 Å². The van der Waals surface area contributed by atoms with E-state index in [1.165, 1.54) is 42.6 Å². The summed E-state index contributed by atoms with van der Waals surface area (Å²) in [6.07, 6.45) is -3.00. The van der Waals surface area contributed by atoms with Crippen LogP contribution in [-0.2, 0) is 6.18 Å². The van der Waals surface area contributed by atoms with Crippen LogP contribution >= 0.6 is 0 Å². The zero-order chi connectivity index (χ0) is 23.6. The summed E-state index contributed by atoms with van der Waals surface area (Å²) in [4.78, 5) is 31.0. The molecule has 4 aromatic rings. The summed E-state index contributed by atoms with van der Waals surface area (Å²) in [5.41, 5.74) is 0.0418. The summed E-state index contributed by atoms with van der Waals surface area (Å²) in [6, 6.07) is 16.6. The molecule has 10 heteroatoms. The van der Waals surface area contributed by atoms with Gasteiger partial charge in [-0.15, -0.1) is 0 Å². The Morgan fingerprint density at radius 1 is 1.00 bits per heavy atom. The average Bonchev–Trinajstić information content (AvgIpc) is 3.25. The number of rotatable bonds is 5. The lowest BCUT2D eigenvalue weighted by molar-refractivity contribution is -0.384. The van der Waals surface area contributed by atoms with Crippen LogP contribution in [0.15, 0.2) is 79.0 Å². The van der Waals surface area contributed by atoms with Gasteiger partial charge in [-0.05, 0) is 42.0 Å². The largest absolute Gasteiger partial charge is 0.416 e. The summed E-state index contributed by atoms with van der Waals surface area (Å²) in [6.45, 7) is 0. The Bertz CT molecular complexity index is 1320. The van der Waals surface area contributed by atoms with E-state index in [2.05, 4.69) is 15.3 Å². The molecule has 4 rings (SSSR count). The van der Waals surface area contributed by atoms with Crippen molar-refractivity contribution in [3.63, 3.8) is 0 Å². The Kier molecular flexibility index (Phi) is 5.65. The molecular weight excluding hydrogens is 437 g/mol. The van der Waals surface area contributed by atoms with E-state index in [-0.39, 0.29) is 28.3 Å². The Hall–Kier alpha value is -4.47. The summed E-state index contributed by atoms with van der Waals surface area (Å²) in [7, 11) is 0. The Morgan fingerprint density at radius 2 is 1.70 bits per heavy atom. The molecule has 0 aliphatic rings. The number of amides is 1. The Balaban J connectivity index is 1.82. The third-order valence-corrected chi connectivity index (χ3v) is 4.86. The van der Waals surface area contributed by atoms with E-state index in [1.54, 1.807) is 24.3 Å². The number of nitro benzene ring substituents is 1. The van der Waals surface area contributed by atoms with Crippen LogP contribution in [0.2, 0.25) is 0 Å². The zero-order valence-electron chi connectivity index (χ0n) is 16.8. The summed E-state index contributed by atoms with van der Waals surface area (Å²) in [5, 5.41) is 14.2. The van der Waals surface area contributed by atoms with E-state index in [0.717, 1.165) is 12.1 Å². The third-order valence-electron chi connectivity index (χ3n) is 4.86. The number of nitrogens with zero attached hydrogens (tertiary/aromatic N) is 2. The summed E-state index contributed by atoms with van der Waals surface area (Å²) >= 11 is 0. The van der Waals surface area contributed by atoms with Crippen molar-refractivity contribution in [2.24, 2.45) is 0 Å². The topological polar surface area (TPSA) is 101 Å². The monoisotopic (exact) mass is 452 g/mol. The number of nitro groups is 1. The van der Waals surface area contributed by atoms with Gasteiger partial charge in [0, 0.05) is 18.0 Å². The number of halogens is 3. The summed E-state index contributed by atoms with van der Waals surface area (Å²) < 4.78 is 38.7. The first-order valence-electron chi connectivity index (χ1n) is 9.61. The molecule has 0 atom stereocenters. The van der Waals surface area contributed by atoms with Crippen LogP contribution in [0, 0.1) is 10.1 Å². The number of aromatic nitrogens is 2. The van der Waals surface area contributed by atoms with Gasteiger partial charge in [-0.3, -0.25) is 14.9 Å². The highest BCUT2D eigenvalue weighted by molar-refractivity contribution is 6.09. The minimum Gasteiger partial charge on any atom is -0.354 e. The first-order valence-corrected chi connectivity index (χ1v) is 9.61. The number of pyridine rings is 1. The molecule has 0 bridgehead atoms. The van der Waals surface area contributed by atoms with E-state index >= 15 is 0 Å². The quantitative estimate of drug-likeness (QED) is 0.290. The molecule has 7 nitrogen and oxygen atoms in total. The second kappa shape index (κ2) is 8.58. The SMILES string of the molecule is O=C(Nc1ccccn1)c1cc(-c2ccc(C(F)(F)F)cc2)[nH]c1-c1ccccc1[N+](=O)[O-]. The second-order valence-corrected chi connectivity index (χ2v) is 6.99. The maximum atomic E-state index is 13.0. The number of nitrogens with one attached hydrogen (secondary N) is 2. The van der Waals surface area contributed by atoms with Gasteiger partial charge in [0.05, 0.1) is 27.3 Å². The molecule has 2 aromatic heterocycles. The van der Waals surface area contributed by atoms with Gasteiger partial charge in [-0.1, -0.05) is 30.3 Å². The number of carbonyl (C=O) groups is 1. The lowest BCUT2D eigenvalue weighted by Crippen LogP contribution is -2.13. The highest BCUT2D eigenvalue weighted by atomic mass is 19.4. The van der Waals surface area contributed by atoms with Gasteiger partial charge in [0.25, 0.3) is 11.6 Å². The number of alkyl halides is 3. The van der Waals surface area contributed by atoms with Crippen molar-refractivity contribution < 1.29 is 22.9 Å². The number of para-hydroxylation sites is 1. The first kappa shape index (κ1) is 21.8. The van der Waals surface area contributed by atoms with E-state index in [4.69, 9.17) is 0 Å². The molecule has 1 amide bonds. The predicted molar refractivity (Wildman–Crippen MR) is 116 cm³/mol. The average molecular weight is 452 g/mol. The minimum absolute atomic E-state index is 0.0739. The number of hydrogen-bond acceptors (Lipinski definition) is 4. The first-order chi connectivity index (χ1) is 15.7. The van der Waals surface area contributed by atoms with Crippen LogP contribution in [0.25, 0.3) is 22.5 Å². The van der Waals surface area contributed by atoms with Gasteiger partial charge >= 0.3 is 6.18 Å². The van der Waals surface area contributed by atoms with Gasteiger partial charge in [-0.2, -0.15) is 13.2 Å². The van der Waals surface area contributed by atoms with E-state index in [9.17, 15) is 28.1 Å². The summed E-state index contributed by atoms with van der Waals surface area (Å²) in [5.74, 6) is -0.315. The number of benzene rings is 2. The standard InChI is InChI=1S/C23H15F3N4O3/c24-23(25,26)15-10-8-14(9-11-15)18-13-17(22(31)29-20-7-3-4-12-27-20)21(28-18)16-5-1-2-6-19(16)30(32)33/h1-13,28H,(H,27,29,31). The van der Waals surface area contributed by atoms with Crippen molar-refractivity contribution >= 4 is 17.4 Å². The molecule has 0 radical (unpaired) electrons. The lowest BCUT2D eigenvalue weighted by atomic mass is 10.0. The van der Waals surface area contributed by atoms with Gasteiger partial charge in [0.1, 0.15) is 5.82 Å². The van der Waals surface area contributed by atoms with Crippen molar-refractivity contribution in [3.05, 3.63) is 100 Å². The van der Waals surface area contributed by atoms with Crippen LogP contribution in [0.4, 0.5) is 24.7 Å². The highest BCUT2D eigenvalue weighted by Crippen LogP contribution is 2.36. The number of hydrogen-bond donors (Lipinski definition) is 2. The van der Waals surface area contributed by atoms with Crippen molar-refractivity contribution in [1.82, 2.24) is 9.97 Å². The van der Waals surface area contributed by atoms with Crippen LogP contribution in [0.1, 0.15) is 15.9 Å².